The number of halogens is 2. The average molecular weight is 355 g/mol. The fourth-order valence-electron chi connectivity index (χ4n) is 2.40. The van der Waals surface area contributed by atoms with Gasteiger partial charge in [-0.15, -0.1) is 11.3 Å². The molecular formula is C20H15F2NOS. The van der Waals surface area contributed by atoms with Crippen molar-refractivity contribution in [3.05, 3.63) is 99.8 Å². The monoisotopic (exact) mass is 355 g/mol. The van der Waals surface area contributed by atoms with Crippen LogP contribution in [0.25, 0.3) is 6.08 Å². The Balaban J connectivity index is 1.78. The van der Waals surface area contributed by atoms with Crippen LogP contribution in [0.5, 0.6) is 0 Å². The summed E-state index contributed by atoms with van der Waals surface area (Å²) in [6.07, 6.45) is 2.91. The summed E-state index contributed by atoms with van der Waals surface area (Å²) in [5.74, 6) is -0.997. The van der Waals surface area contributed by atoms with Gasteiger partial charge in [-0.3, -0.25) is 4.79 Å². The second-order valence-electron chi connectivity index (χ2n) is 5.40. The normalized spacial score (nSPS) is 12.2. The first kappa shape index (κ1) is 17.0. The summed E-state index contributed by atoms with van der Waals surface area (Å²) in [7, 11) is 0. The number of thiophene rings is 1. The Kier molecular flexibility index (Phi) is 5.36. The third kappa shape index (κ3) is 4.61. The Labute approximate surface area is 148 Å². The molecule has 0 radical (unpaired) electrons. The largest absolute Gasteiger partial charge is 0.341 e. The molecule has 0 bridgehead atoms. The van der Waals surface area contributed by atoms with Crippen LogP contribution in [0.15, 0.2) is 72.1 Å². The van der Waals surface area contributed by atoms with Crippen molar-refractivity contribution in [3.8, 4) is 0 Å². The lowest BCUT2D eigenvalue weighted by Gasteiger charge is -2.17. The molecule has 1 amide bonds. The first-order chi connectivity index (χ1) is 12.1. The number of hydrogen-bond acceptors (Lipinski definition) is 2. The summed E-state index contributed by atoms with van der Waals surface area (Å²) in [6.45, 7) is 0. The van der Waals surface area contributed by atoms with Gasteiger partial charge in [0, 0.05) is 11.0 Å². The highest BCUT2D eigenvalue weighted by atomic mass is 32.1. The smallest absolute Gasteiger partial charge is 0.244 e. The van der Waals surface area contributed by atoms with E-state index in [1.54, 1.807) is 30.3 Å². The molecule has 2 aromatic carbocycles. The Morgan fingerprint density at radius 3 is 2.48 bits per heavy atom. The lowest BCUT2D eigenvalue weighted by atomic mass is 10.1. The molecule has 0 aliphatic rings. The third-order valence-electron chi connectivity index (χ3n) is 3.59. The quantitative estimate of drug-likeness (QED) is 0.645. The van der Waals surface area contributed by atoms with E-state index in [9.17, 15) is 13.6 Å². The maximum Gasteiger partial charge on any atom is 0.244 e. The Hall–Kier alpha value is -2.79. The highest BCUT2D eigenvalue weighted by Gasteiger charge is 2.16. The van der Waals surface area contributed by atoms with Crippen molar-refractivity contribution in [1.29, 1.82) is 0 Å². The predicted molar refractivity (Wildman–Crippen MR) is 96.1 cm³/mol. The zero-order valence-electron chi connectivity index (χ0n) is 13.2. The van der Waals surface area contributed by atoms with E-state index in [1.165, 1.54) is 41.7 Å². The average Bonchev–Trinajstić information content (AvgIpc) is 3.13. The summed E-state index contributed by atoms with van der Waals surface area (Å²) in [6, 6.07) is 15.5. The first-order valence-corrected chi connectivity index (χ1v) is 8.53. The van der Waals surface area contributed by atoms with Crippen LogP contribution in [0.2, 0.25) is 0 Å². The molecule has 25 heavy (non-hydrogen) atoms. The Morgan fingerprint density at radius 2 is 1.80 bits per heavy atom. The number of rotatable bonds is 5. The van der Waals surface area contributed by atoms with Gasteiger partial charge in [0.15, 0.2) is 0 Å². The van der Waals surface area contributed by atoms with Gasteiger partial charge in [0.1, 0.15) is 11.6 Å². The van der Waals surface area contributed by atoms with Crippen LogP contribution < -0.4 is 5.32 Å². The molecule has 126 valence electrons. The van der Waals surface area contributed by atoms with E-state index in [0.29, 0.717) is 5.56 Å². The van der Waals surface area contributed by atoms with E-state index in [4.69, 9.17) is 0 Å². The van der Waals surface area contributed by atoms with E-state index in [1.807, 2.05) is 17.5 Å². The standard InChI is InChI=1S/C20H15F2NOS/c21-16-9-7-15(8-10-16)20(18-5-2-12-25-18)23-19(24)11-6-14-3-1-4-17(22)13-14/h1-13,20H,(H,23,24)/b11-6+. The summed E-state index contributed by atoms with van der Waals surface area (Å²) < 4.78 is 26.3. The molecule has 0 spiro atoms. The second kappa shape index (κ2) is 7.85. The Morgan fingerprint density at radius 1 is 1.00 bits per heavy atom. The molecule has 3 aromatic rings. The molecular weight excluding hydrogens is 340 g/mol. The number of nitrogens with one attached hydrogen (secondary N) is 1. The van der Waals surface area contributed by atoms with Gasteiger partial charge >= 0.3 is 0 Å². The minimum Gasteiger partial charge on any atom is -0.341 e. The van der Waals surface area contributed by atoms with Gasteiger partial charge in [0.25, 0.3) is 0 Å². The molecule has 5 heteroatoms. The number of amides is 1. The fourth-order valence-corrected chi connectivity index (χ4v) is 3.20. The molecule has 3 rings (SSSR count). The van der Waals surface area contributed by atoms with Crippen LogP contribution in [0.4, 0.5) is 8.78 Å². The van der Waals surface area contributed by atoms with Gasteiger partial charge in [-0.25, -0.2) is 8.78 Å². The highest BCUT2D eigenvalue weighted by Crippen LogP contribution is 2.26. The SMILES string of the molecule is O=C(/C=C/c1cccc(F)c1)NC(c1ccc(F)cc1)c1cccs1. The number of benzene rings is 2. The van der Waals surface area contributed by atoms with Crippen molar-refractivity contribution < 1.29 is 13.6 Å². The van der Waals surface area contributed by atoms with Crippen molar-refractivity contribution in [2.45, 2.75) is 6.04 Å². The highest BCUT2D eigenvalue weighted by molar-refractivity contribution is 7.10. The molecule has 0 saturated carbocycles. The minimum atomic E-state index is -0.370. The van der Waals surface area contributed by atoms with Gasteiger partial charge in [-0.1, -0.05) is 30.3 Å². The zero-order chi connectivity index (χ0) is 17.6. The molecule has 1 N–H and O–H groups in total. The molecule has 0 aliphatic heterocycles. The first-order valence-electron chi connectivity index (χ1n) is 7.65. The van der Waals surface area contributed by atoms with Gasteiger partial charge in [0.2, 0.25) is 5.91 Å². The zero-order valence-corrected chi connectivity index (χ0v) is 14.0. The van der Waals surface area contributed by atoms with Crippen LogP contribution in [0, 0.1) is 11.6 Å². The van der Waals surface area contributed by atoms with Gasteiger partial charge < -0.3 is 5.32 Å². The van der Waals surface area contributed by atoms with E-state index in [0.717, 1.165) is 10.4 Å². The third-order valence-corrected chi connectivity index (χ3v) is 4.53. The number of hydrogen-bond donors (Lipinski definition) is 1. The summed E-state index contributed by atoms with van der Waals surface area (Å²) in [5, 5.41) is 4.83. The van der Waals surface area contributed by atoms with Crippen molar-refractivity contribution in [1.82, 2.24) is 5.32 Å². The van der Waals surface area contributed by atoms with Crippen LogP contribution in [-0.4, -0.2) is 5.91 Å². The molecule has 1 unspecified atom stereocenters. The van der Waals surface area contributed by atoms with Crippen LogP contribution >= 0.6 is 11.3 Å². The van der Waals surface area contributed by atoms with E-state index >= 15 is 0 Å². The van der Waals surface area contributed by atoms with Crippen molar-refractivity contribution in [2.75, 3.05) is 0 Å². The summed E-state index contributed by atoms with van der Waals surface area (Å²) in [5.41, 5.74) is 1.39. The molecule has 1 aromatic heterocycles. The van der Waals surface area contributed by atoms with Gasteiger partial charge in [-0.05, 0) is 52.9 Å². The van der Waals surface area contributed by atoms with E-state index in [2.05, 4.69) is 5.32 Å². The lowest BCUT2D eigenvalue weighted by Crippen LogP contribution is -2.27. The van der Waals surface area contributed by atoms with Crippen LogP contribution in [0.3, 0.4) is 0 Å². The second-order valence-corrected chi connectivity index (χ2v) is 6.38. The molecule has 2 nitrogen and oxygen atoms in total. The van der Waals surface area contributed by atoms with Crippen molar-refractivity contribution in [3.63, 3.8) is 0 Å². The molecule has 1 atom stereocenters. The molecule has 0 saturated heterocycles. The fraction of sp³-hybridized carbons (Fsp3) is 0.0500. The minimum absolute atomic E-state index is 0.313. The van der Waals surface area contributed by atoms with E-state index in [-0.39, 0.29) is 23.6 Å². The number of carbonyl (C=O) groups excluding carboxylic acids is 1. The van der Waals surface area contributed by atoms with E-state index < -0.39 is 0 Å². The Bertz CT molecular complexity index is 873. The molecule has 0 fully saturated rings. The van der Waals surface area contributed by atoms with Crippen molar-refractivity contribution in [2.24, 2.45) is 0 Å². The van der Waals surface area contributed by atoms with Gasteiger partial charge in [-0.2, -0.15) is 0 Å². The summed E-state index contributed by atoms with van der Waals surface area (Å²) >= 11 is 1.51. The van der Waals surface area contributed by atoms with Crippen molar-refractivity contribution >= 4 is 23.3 Å². The maximum atomic E-state index is 13.2. The molecule has 0 aliphatic carbocycles. The van der Waals surface area contributed by atoms with Crippen LogP contribution in [-0.2, 0) is 4.79 Å². The molecule has 1 heterocycles. The maximum absolute atomic E-state index is 13.2. The van der Waals surface area contributed by atoms with Gasteiger partial charge in [0.05, 0.1) is 6.04 Å². The summed E-state index contributed by atoms with van der Waals surface area (Å²) in [4.78, 5) is 13.2. The van der Waals surface area contributed by atoms with Crippen LogP contribution in [0.1, 0.15) is 22.0 Å². The lowest BCUT2D eigenvalue weighted by molar-refractivity contribution is -0.116. The topological polar surface area (TPSA) is 29.1 Å². The predicted octanol–water partition coefficient (Wildman–Crippen LogP) is 4.95. The number of carbonyl (C=O) groups is 1.